The number of halogens is 1. The van der Waals surface area contributed by atoms with E-state index >= 15 is 0 Å². The summed E-state index contributed by atoms with van der Waals surface area (Å²) in [5.41, 5.74) is 4.46. The zero-order valence-corrected chi connectivity index (χ0v) is 10.8. The first-order chi connectivity index (χ1) is 8.74. The van der Waals surface area contributed by atoms with Gasteiger partial charge >= 0.3 is 0 Å². The summed E-state index contributed by atoms with van der Waals surface area (Å²) in [5.74, 6) is 1.09. The Bertz CT molecular complexity index is 473. The van der Waals surface area contributed by atoms with Crippen LogP contribution in [0.15, 0.2) is 29.4 Å². The van der Waals surface area contributed by atoms with Crippen LogP contribution in [0.4, 0.5) is 0 Å². The minimum atomic E-state index is -0.162. The van der Waals surface area contributed by atoms with Crippen LogP contribution >= 0.6 is 11.6 Å². The maximum absolute atomic E-state index is 11.9. The van der Waals surface area contributed by atoms with Gasteiger partial charge in [-0.15, -0.1) is 0 Å². The lowest BCUT2D eigenvalue weighted by molar-refractivity contribution is 0.0954. The van der Waals surface area contributed by atoms with Crippen molar-refractivity contribution in [2.75, 3.05) is 0 Å². The zero-order valence-electron chi connectivity index (χ0n) is 10.0. The van der Waals surface area contributed by atoms with E-state index in [4.69, 9.17) is 11.6 Å². The van der Waals surface area contributed by atoms with E-state index in [-0.39, 0.29) is 5.91 Å². The van der Waals surface area contributed by atoms with Crippen molar-refractivity contribution in [2.24, 2.45) is 16.9 Å². The number of nitrogens with zero attached hydrogens (tertiary/aromatic N) is 1. The van der Waals surface area contributed by atoms with Gasteiger partial charge in [-0.1, -0.05) is 11.6 Å². The molecule has 1 amide bonds. The predicted molar refractivity (Wildman–Crippen MR) is 71.8 cm³/mol. The maximum atomic E-state index is 11.9. The molecule has 3 nitrogen and oxygen atoms in total. The SMILES string of the molecule is O=C(NN=C(C1CC1)C1CC1)c1ccc(Cl)cc1. The highest BCUT2D eigenvalue weighted by Crippen LogP contribution is 2.41. The van der Waals surface area contributed by atoms with E-state index in [9.17, 15) is 4.79 Å². The number of nitrogens with one attached hydrogen (secondary N) is 1. The van der Waals surface area contributed by atoms with E-state index in [1.165, 1.54) is 31.4 Å². The number of hydrogen-bond donors (Lipinski definition) is 1. The van der Waals surface area contributed by atoms with Crippen LogP contribution in [0, 0.1) is 11.8 Å². The second kappa shape index (κ2) is 4.73. The summed E-state index contributed by atoms with van der Waals surface area (Å²) in [6, 6.07) is 6.84. The van der Waals surface area contributed by atoms with Crippen LogP contribution in [0.1, 0.15) is 36.0 Å². The third kappa shape index (κ3) is 2.72. The van der Waals surface area contributed by atoms with Gasteiger partial charge in [0.25, 0.3) is 5.91 Å². The molecular weight excluding hydrogens is 248 g/mol. The molecule has 0 spiro atoms. The van der Waals surface area contributed by atoms with Gasteiger partial charge in [0.2, 0.25) is 0 Å². The molecule has 3 rings (SSSR count). The van der Waals surface area contributed by atoms with Gasteiger partial charge in [0.1, 0.15) is 0 Å². The van der Waals surface area contributed by atoms with Gasteiger partial charge in [-0.05, 0) is 61.8 Å². The van der Waals surface area contributed by atoms with Crippen LogP contribution in [0.2, 0.25) is 5.02 Å². The average molecular weight is 263 g/mol. The molecule has 18 heavy (non-hydrogen) atoms. The molecule has 0 aromatic heterocycles. The minimum Gasteiger partial charge on any atom is -0.267 e. The molecule has 0 aliphatic heterocycles. The Labute approximate surface area is 111 Å². The largest absolute Gasteiger partial charge is 0.271 e. The van der Waals surface area contributed by atoms with Crippen LogP contribution in [0.25, 0.3) is 0 Å². The summed E-state index contributed by atoms with van der Waals surface area (Å²) in [6.45, 7) is 0. The molecule has 4 heteroatoms. The molecule has 1 aromatic carbocycles. The first kappa shape index (κ1) is 11.7. The normalized spacial score (nSPS) is 18.3. The summed E-state index contributed by atoms with van der Waals surface area (Å²) >= 11 is 5.78. The van der Waals surface area contributed by atoms with Gasteiger partial charge in [0.05, 0.1) is 0 Å². The fraction of sp³-hybridized carbons (Fsp3) is 0.429. The first-order valence-electron chi connectivity index (χ1n) is 6.37. The molecule has 94 valence electrons. The Kier molecular flexibility index (Phi) is 3.08. The first-order valence-corrected chi connectivity index (χ1v) is 6.75. The second-order valence-corrected chi connectivity index (χ2v) is 5.47. The number of carbonyl (C=O) groups excluding carboxylic acids is 1. The highest BCUT2D eigenvalue weighted by molar-refractivity contribution is 6.30. The molecule has 0 unspecified atom stereocenters. The average Bonchev–Trinajstić information content (AvgIpc) is 3.24. The molecule has 0 saturated heterocycles. The molecule has 2 aliphatic carbocycles. The molecule has 2 aliphatic rings. The Morgan fingerprint density at radius 1 is 1.11 bits per heavy atom. The molecule has 2 saturated carbocycles. The highest BCUT2D eigenvalue weighted by atomic mass is 35.5. The molecule has 0 atom stereocenters. The van der Waals surface area contributed by atoms with Crippen LogP contribution in [0.5, 0.6) is 0 Å². The fourth-order valence-electron chi connectivity index (χ4n) is 2.06. The van der Waals surface area contributed by atoms with Crippen LogP contribution < -0.4 is 5.43 Å². The van der Waals surface area contributed by atoms with Gasteiger partial charge in [-0.25, -0.2) is 5.43 Å². The highest BCUT2D eigenvalue weighted by Gasteiger charge is 2.38. The number of hydrazone groups is 1. The molecule has 2 fully saturated rings. The summed E-state index contributed by atoms with van der Waals surface area (Å²) < 4.78 is 0. The Hall–Kier alpha value is -1.35. The lowest BCUT2D eigenvalue weighted by Crippen LogP contribution is -2.21. The van der Waals surface area contributed by atoms with Crippen molar-refractivity contribution in [3.8, 4) is 0 Å². The Morgan fingerprint density at radius 2 is 1.67 bits per heavy atom. The van der Waals surface area contributed by atoms with E-state index in [0.29, 0.717) is 22.4 Å². The van der Waals surface area contributed by atoms with Crippen molar-refractivity contribution in [2.45, 2.75) is 25.7 Å². The third-order valence-corrected chi connectivity index (χ3v) is 3.64. The van der Waals surface area contributed by atoms with Gasteiger partial charge in [0, 0.05) is 16.3 Å². The lowest BCUT2D eigenvalue weighted by atomic mass is 10.1. The smallest absolute Gasteiger partial charge is 0.267 e. The predicted octanol–water partition coefficient (Wildman–Crippen LogP) is 3.25. The number of carbonyl (C=O) groups is 1. The second-order valence-electron chi connectivity index (χ2n) is 5.03. The number of rotatable bonds is 4. The van der Waals surface area contributed by atoms with Crippen molar-refractivity contribution in [1.29, 1.82) is 0 Å². The number of amides is 1. The van der Waals surface area contributed by atoms with Crippen molar-refractivity contribution in [3.63, 3.8) is 0 Å². The third-order valence-electron chi connectivity index (χ3n) is 3.38. The summed E-state index contributed by atoms with van der Waals surface area (Å²) in [5, 5.41) is 4.96. The molecule has 1 aromatic rings. The zero-order chi connectivity index (χ0) is 12.5. The maximum Gasteiger partial charge on any atom is 0.271 e. The lowest BCUT2D eigenvalue weighted by Gasteiger charge is -2.04. The summed E-state index contributed by atoms with van der Waals surface area (Å²) in [6.07, 6.45) is 4.91. The summed E-state index contributed by atoms with van der Waals surface area (Å²) in [7, 11) is 0. The van der Waals surface area contributed by atoms with Gasteiger partial charge in [-0.2, -0.15) is 5.10 Å². The van der Waals surface area contributed by atoms with Crippen molar-refractivity contribution >= 4 is 23.2 Å². The van der Waals surface area contributed by atoms with E-state index in [0.717, 1.165) is 0 Å². The summed E-state index contributed by atoms with van der Waals surface area (Å²) in [4.78, 5) is 11.9. The van der Waals surface area contributed by atoms with Gasteiger partial charge in [-0.3, -0.25) is 4.79 Å². The Balaban J connectivity index is 1.66. The topological polar surface area (TPSA) is 41.5 Å². The molecule has 0 bridgehead atoms. The van der Waals surface area contributed by atoms with E-state index < -0.39 is 0 Å². The molecule has 0 radical (unpaired) electrons. The van der Waals surface area contributed by atoms with Crippen LogP contribution in [-0.4, -0.2) is 11.6 Å². The number of benzene rings is 1. The Morgan fingerprint density at radius 3 is 2.17 bits per heavy atom. The molecule has 1 N–H and O–H groups in total. The number of hydrogen-bond acceptors (Lipinski definition) is 2. The minimum absolute atomic E-state index is 0.162. The van der Waals surface area contributed by atoms with Crippen molar-refractivity contribution in [3.05, 3.63) is 34.9 Å². The molecule has 0 heterocycles. The quantitative estimate of drug-likeness (QED) is 0.657. The van der Waals surface area contributed by atoms with Crippen molar-refractivity contribution in [1.82, 2.24) is 5.43 Å². The monoisotopic (exact) mass is 262 g/mol. The molecular formula is C14H15ClN2O. The van der Waals surface area contributed by atoms with E-state index in [2.05, 4.69) is 10.5 Å². The van der Waals surface area contributed by atoms with E-state index in [1.54, 1.807) is 24.3 Å². The van der Waals surface area contributed by atoms with Crippen LogP contribution in [-0.2, 0) is 0 Å². The van der Waals surface area contributed by atoms with Crippen LogP contribution in [0.3, 0.4) is 0 Å². The van der Waals surface area contributed by atoms with Gasteiger partial charge in [0.15, 0.2) is 0 Å². The standard InChI is InChI=1S/C14H15ClN2O/c15-12-7-5-11(6-8-12)14(18)17-16-13(9-1-2-9)10-3-4-10/h5-10H,1-4H2,(H,17,18). The van der Waals surface area contributed by atoms with E-state index in [1.807, 2.05) is 0 Å². The van der Waals surface area contributed by atoms with Gasteiger partial charge < -0.3 is 0 Å². The van der Waals surface area contributed by atoms with Crippen molar-refractivity contribution < 1.29 is 4.79 Å². The fourth-order valence-corrected chi connectivity index (χ4v) is 2.18.